The van der Waals surface area contributed by atoms with Crippen molar-refractivity contribution in [3.8, 4) is 0 Å². The summed E-state index contributed by atoms with van der Waals surface area (Å²) in [5.74, 6) is -0.0479. The Kier molecular flexibility index (Phi) is 6.49. The van der Waals surface area contributed by atoms with Crippen molar-refractivity contribution in [2.45, 2.75) is 6.54 Å². The molecule has 2 amide bonds. The predicted octanol–water partition coefficient (Wildman–Crippen LogP) is 0.996. The number of carbonyl (C=O) groups is 2. The van der Waals surface area contributed by atoms with Crippen molar-refractivity contribution >= 4 is 28.3 Å². The van der Waals surface area contributed by atoms with Gasteiger partial charge in [-0.1, -0.05) is 29.5 Å². The first-order valence-electron chi connectivity index (χ1n) is 8.83. The molecule has 0 aliphatic carbocycles. The Morgan fingerprint density at radius 1 is 1.19 bits per heavy atom. The number of anilines is 1. The quantitative estimate of drug-likeness (QED) is 0.795. The number of carbonyl (C=O) groups excluding carboxylic acids is 2. The molecule has 1 aromatic heterocycles. The number of amides is 2. The normalized spacial score (nSPS) is 15.1. The molecular formula is C18H24N6O2S. The first kappa shape index (κ1) is 19.4. The van der Waals surface area contributed by atoms with Gasteiger partial charge in [0.25, 0.3) is 5.91 Å². The lowest BCUT2D eigenvalue weighted by Crippen LogP contribution is -2.50. The average Bonchev–Trinajstić information content (AvgIpc) is 3.14. The topological polar surface area (TPSA) is 81.7 Å². The molecule has 1 aromatic carbocycles. The highest BCUT2D eigenvalue weighted by atomic mass is 32.1. The first-order valence-corrected chi connectivity index (χ1v) is 9.71. The van der Waals surface area contributed by atoms with Gasteiger partial charge in [-0.2, -0.15) is 0 Å². The number of benzene rings is 1. The molecule has 1 N–H and O–H groups in total. The average molecular weight is 388 g/mol. The second kappa shape index (κ2) is 9.03. The fraction of sp³-hybridized carbons (Fsp3) is 0.444. The van der Waals surface area contributed by atoms with Crippen molar-refractivity contribution in [3.63, 3.8) is 0 Å². The molecule has 27 heavy (non-hydrogen) atoms. The van der Waals surface area contributed by atoms with Crippen molar-refractivity contribution in [1.29, 1.82) is 0 Å². The summed E-state index contributed by atoms with van der Waals surface area (Å²) in [6.45, 7) is 3.59. The predicted molar refractivity (Wildman–Crippen MR) is 105 cm³/mol. The minimum atomic E-state index is -0.108. The second-order valence-corrected chi connectivity index (χ2v) is 7.59. The molecule has 2 aromatic rings. The number of piperazine rings is 1. The monoisotopic (exact) mass is 388 g/mol. The summed E-state index contributed by atoms with van der Waals surface area (Å²) in [6.07, 6.45) is 0. The van der Waals surface area contributed by atoms with Gasteiger partial charge in [0.15, 0.2) is 0 Å². The lowest BCUT2D eigenvalue weighted by atomic mass is 10.1. The van der Waals surface area contributed by atoms with E-state index in [0.717, 1.165) is 17.7 Å². The smallest absolute Gasteiger partial charge is 0.254 e. The van der Waals surface area contributed by atoms with Gasteiger partial charge in [0.1, 0.15) is 5.51 Å². The van der Waals surface area contributed by atoms with Gasteiger partial charge in [-0.05, 0) is 25.7 Å². The highest BCUT2D eigenvalue weighted by molar-refractivity contribution is 7.13. The fourth-order valence-electron chi connectivity index (χ4n) is 3.08. The maximum atomic E-state index is 12.9. The van der Waals surface area contributed by atoms with Gasteiger partial charge in [0.05, 0.1) is 6.54 Å². The molecule has 1 saturated heterocycles. The number of aromatic nitrogens is 2. The van der Waals surface area contributed by atoms with Crippen molar-refractivity contribution in [1.82, 2.24) is 24.9 Å². The molecule has 1 aliphatic rings. The minimum absolute atomic E-state index is 0.0606. The Morgan fingerprint density at radius 3 is 2.59 bits per heavy atom. The van der Waals surface area contributed by atoms with E-state index >= 15 is 0 Å². The SMILES string of the molecule is CN(C)Cc1ccccc1C(=O)N1CCN(CC(=O)Nc2nncs2)CC1. The molecule has 1 aliphatic heterocycles. The van der Waals surface area contributed by atoms with Gasteiger partial charge in [-0.3, -0.25) is 19.8 Å². The third kappa shape index (κ3) is 5.31. The van der Waals surface area contributed by atoms with Crippen LogP contribution in [0.1, 0.15) is 15.9 Å². The summed E-state index contributed by atoms with van der Waals surface area (Å²) in [6, 6.07) is 7.76. The van der Waals surface area contributed by atoms with E-state index in [9.17, 15) is 9.59 Å². The molecule has 9 heteroatoms. The fourth-order valence-corrected chi connectivity index (χ4v) is 3.54. The van der Waals surface area contributed by atoms with Gasteiger partial charge in [-0.25, -0.2) is 0 Å². The largest absolute Gasteiger partial charge is 0.336 e. The summed E-state index contributed by atoms with van der Waals surface area (Å²) < 4.78 is 0. The van der Waals surface area contributed by atoms with Crippen LogP contribution in [-0.4, -0.2) is 83.5 Å². The van der Waals surface area contributed by atoms with E-state index in [-0.39, 0.29) is 11.8 Å². The molecular weight excluding hydrogens is 364 g/mol. The summed E-state index contributed by atoms with van der Waals surface area (Å²) in [5, 5.41) is 10.7. The van der Waals surface area contributed by atoms with E-state index in [2.05, 4.69) is 20.4 Å². The van der Waals surface area contributed by atoms with Crippen LogP contribution in [0.15, 0.2) is 29.8 Å². The van der Waals surface area contributed by atoms with Crippen LogP contribution in [-0.2, 0) is 11.3 Å². The van der Waals surface area contributed by atoms with Crippen LogP contribution < -0.4 is 5.32 Å². The number of nitrogens with one attached hydrogen (secondary N) is 1. The Morgan fingerprint density at radius 2 is 1.93 bits per heavy atom. The van der Waals surface area contributed by atoms with Crippen LogP contribution in [0.4, 0.5) is 5.13 Å². The van der Waals surface area contributed by atoms with E-state index in [4.69, 9.17) is 0 Å². The van der Waals surface area contributed by atoms with Crippen LogP contribution in [0.2, 0.25) is 0 Å². The molecule has 8 nitrogen and oxygen atoms in total. The second-order valence-electron chi connectivity index (χ2n) is 6.76. The van der Waals surface area contributed by atoms with Crippen LogP contribution in [0.3, 0.4) is 0 Å². The first-order chi connectivity index (χ1) is 13.0. The molecule has 3 rings (SSSR count). The van der Waals surface area contributed by atoms with Crippen molar-refractivity contribution in [3.05, 3.63) is 40.9 Å². The molecule has 0 unspecified atom stereocenters. The maximum absolute atomic E-state index is 12.9. The molecule has 0 spiro atoms. The van der Waals surface area contributed by atoms with Gasteiger partial charge in [-0.15, -0.1) is 10.2 Å². The van der Waals surface area contributed by atoms with Crippen LogP contribution in [0.25, 0.3) is 0 Å². The highest BCUT2D eigenvalue weighted by Gasteiger charge is 2.24. The molecule has 0 radical (unpaired) electrons. The summed E-state index contributed by atoms with van der Waals surface area (Å²) in [7, 11) is 3.99. The lowest BCUT2D eigenvalue weighted by molar-refractivity contribution is -0.117. The Hall–Kier alpha value is -2.36. The molecule has 0 atom stereocenters. The van der Waals surface area contributed by atoms with E-state index in [1.54, 1.807) is 5.51 Å². The Bertz CT molecular complexity index is 772. The number of hydrogen-bond acceptors (Lipinski definition) is 7. The zero-order valence-corrected chi connectivity index (χ0v) is 16.4. The van der Waals surface area contributed by atoms with Crippen molar-refractivity contribution in [2.24, 2.45) is 0 Å². The van der Waals surface area contributed by atoms with E-state index in [1.807, 2.05) is 48.2 Å². The van der Waals surface area contributed by atoms with Crippen LogP contribution in [0.5, 0.6) is 0 Å². The number of hydrogen-bond donors (Lipinski definition) is 1. The number of rotatable bonds is 6. The van der Waals surface area contributed by atoms with Gasteiger partial charge >= 0.3 is 0 Å². The highest BCUT2D eigenvalue weighted by Crippen LogP contribution is 2.15. The molecule has 2 heterocycles. The third-order valence-electron chi connectivity index (χ3n) is 4.37. The maximum Gasteiger partial charge on any atom is 0.254 e. The molecule has 0 saturated carbocycles. The van der Waals surface area contributed by atoms with E-state index in [1.165, 1.54) is 11.3 Å². The lowest BCUT2D eigenvalue weighted by Gasteiger charge is -2.34. The Labute approximate surface area is 162 Å². The van der Waals surface area contributed by atoms with Crippen molar-refractivity contribution in [2.75, 3.05) is 52.1 Å². The van der Waals surface area contributed by atoms with Gasteiger partial charge in [0, 0.05) is 38.3 Å². The minimum Gasteiger partial charge on any atom is -0.336 e. The summed E-state index contributed by atoms with van der Waals surface area (Å²) in [4.78, 5) is 31.0. The Balaban J connectivity index is 1.53. The number of nitrogens with zero attached hydrogens (tertiary/aromatic N) is 5. The molecule has 1 fully saturated rings. The van der Waals surface area contributed by atoms with E-state index in [0.29, 0.717) is 37.9 Å². The summed E-state index contributed by atoms with van der Waals surface area (Å²) in [5.41, 5.74) is 3.37. The van der Waals surface area contributed by atoms with Crippen LogP contribution >= 0.6 is 11.3 Å². The summed E-state index contributed by atoms with van der Waals surface area (Å²) >= 11 is 1.29. The molecule has 144 valence electrons. The van der Waals surface area contributed by atoms with Gasteiger partial charge < -0.3 is 9.80 Å². The standard InChI is InChI=1S/C18H24N6O2S/c1-22(2)11-14-5-3-4-6-15(14)17(26)24-9-7-23(8-10-24)12-16(25)20-18-21-19-13-27-18/h3-6,13H,7-12H2,1-2H3,(H,20,21,25). The van der Waals surface area contributed by atoms with E-state index < -0.39 is 0 Å². The van der Waals surface area contributed by atoms with Crippen molar-refractivity contribution < 1.29 is 9.59 Å². The van der Waals surface area contributed by atoms with Crippen LogP contribution in [0, 0.1) is 0 Å². The van der Waals surface area contributed by atoms with Gasteiger partial charge in [0.2, 0.25) is 11.0 Å². The zero-order valence-electron chi connectivity index (χ0n) is 15.6. The zero-order chi connectivity index (χ0) is 19.2. The third-order valence-corrected chi connectivity index (χ3v) is 4.97. The molecule has 0 bridgehead atoms.